The van der Waals surface area contributed by atoms with Gasteiger partial charge in [0, 0.05) is 6.07 Å². The van der Waals surface area contributed by atoms with E-state index in [-0.39, 0.29) is 17.1 Å². The summed E-state index contributed by atoms with van der Waals surface area (Å²) in [5, 5.41) is 22.4. The van der Waals surface area contributed by atoms with Crippen molar-refractivity contribution >= 4 is 5.97 Å². The van der Waals surface area contributed by atoms with E-state index in [1.54, 1.807) is 0 Å². The van der Waals surface area contributed by atoms with Crippen molar-refractivity contribution in [2.45, 2.75) is 19.3 Å². The third kappa shape index (κ3) is 3.17. The number of aromatic hydroxyl groups is 1. The van der Waals surface area contributed by atoms with E-state index >= 15 is 0 Å². The zero-order valence-electron chi connectivity index (χ0n) is 11.0. The van der Waals surface area contributed by atoms with E-state index in [1.165, 1.54) is 19.2 Å². The topological polar surface area (TPSA) is 78.8 Å². The van der Waals surface area contributed by atoms with Crippen molar-refractivity contribution < 1.29 is 19.7 Å². The second kappa shape index (κ2) is 5.93. The summed E-state index contributed by atoms with van der Waals surface area (Å²) in [5.74, 6) is -0.245. The molecule has 1 heterocycles. The number of phenolic OH excluding ortho intramolecular Hbond substituents is 1. The van der Waals surface area contributed by atoms with E-state index in [0.717, 1.165) is 25.9 Å². The van der Waals surface area contributed by atoms with E-state index < -0.39 is 5.97 Å². The average molecular weight is 265 g/mol. The number of hydrogen-bond donors (Lipinski definition) is 3. The van der Waals surface area contributed by atoms with Crippen molar-refractivity contribution in [1.82, 2.24) is 5.32 Å². The van der Waals surface area contributed by atoms with Crippen molar-refractivity contribution in [2.75, 3.05) is 20.2 Å². The quantitative estimate of drug-likeness (QED) is 0.771. The summed E-state index contributed by atoms with van der Waals surface area (Å²) in [6.45, 7) is 1.96. The Morgan fingerprint density at radius 3 is 2.68 bits per heavy atom. The summed E-state index contributed by atoms with van der Waals surface area (Å²) in [6, 6.07) is 2.92. The second-order valence-corrected chi connectivity index (χ2v) is 4.88. The van der Waals surface area contributed by atoms with Gasteiger partial charge in [-0.3, -0.25) is 0 Å². The number of aromatic carboxylic acids is 1. The number of carbonyl (C=O) groups is 1. The van der Waals surface area contributed by atoms with Crippen LogP contribution in [0.25, 0.3) is 0 Å². The van der Waals surface area contributed by atoms with Gasteiger partial charge < -0.3 is 20.3 Å². The van der Waals surface area contributed by atoms with Gasteiger partial charge in [-0.05, 0) is 49.9 Å². The first kappa shape index (κ1) is 13.7. The lowest BCUT2D eigenvalue weighted by Crippen LogP contribution is -2.28. The Kier molecular flexibility index (Phi) is 4.27. The van der Waals surface area contributed by atoms with Gasteiger partial charge in [-0.25, -0.2) is 4.79 Å². The van der Waals surface area contributed by atoms with Crippen LogP contribution >= 0.6 is 0 Å². The molecular formula is C14H19NO4. The van der Waals surface area contributed by atoms with Gasteiger partial charge in [0.25, 0.3) is 0 Å². The van der Waals surface area contributed by atoms with Gasteiger partial charge in [0.1, 0.15) is 17.1 Å². The summed E-state index contributed by atoms with van der Waals surface area (Å²) in [4.78, 5) is 11.2. The fourth-order valence-electron chi connectivity index (χ4n) is 2.51. The van der Waals surface area contributed by atoms with Gasteiger partial charge in [-0.2, -0.15) is 0 Å². The average Bonchev–Trinajstić information content (AvgIpc) is 2.41. The third-order valence-electron chi connectivity index (χ3n) is 3.60. The second-order valence-electron chi connectivity index (χ2n) is 4.88. The predicted molar refractivity (Wildman–Crippen MR) is 70.9 cm³/mol. The lowest BCUT2D eigenvalue weighted by Gasteiger charge is -2.23. The first-order valence-corrected chi connectivity index (χ1v) is 6.45. The van der Waals surface area contributed by atoms with E-state index in [0.29, 0.717) is 17.9 Å². The smallest absolute Gasteiger partial charge is 0.339 e. The van der Waals surface area contributed by atoms with Gasteiger partial charge in [0.15, 0.2) is 0 Å². The maximum atomic E-state index is 11.2. The molecule has 1 aliphatic heterocycles. The van der Waals surface area contributed by atoms with Crippen LogP contribution in [0.1, 0.15) is 28.8 Å². The molecule has 0 atom stereocenters. The Morgan fingerprint density at radius 1 is 1.42 bits per heavy atom. The fourth-order valence-corrected chi connectivity index (χ4v) is 2.51. The number of phenols is 1. The highest BCUT2D eigenvalue weighted by atomic mass is 16.5. The molecule has 5 nitrogen and oxygen atoms in total. The summed E-state index contributed by atoms with van der Waals surface area (Å²) in [7, 11) is 1.40. The number of carboxylic acid groups (broad SMARTS) is 1. The molecule has 5 heteroatoms. The Bertz CT molecular complexity index is 467. The highest BCUT2D eigenvalue weighted by Crippen LogP contribution is 2.31. The van der Waals surface area contributed by atoms with Crippen molar-refractivity contribution in [3.05, 3.63) is 23.3 Å². The van der Waals surface area contributed by atoms with Crippen molar-refractivity contribution in [2.24, 2.45) is 5.92 Å². The molecule has 104 valence electrons. The van der Waals surface area contributed by atoms with Gasteiger partial charge in [-0.15, -0.1) is 0 Å². The first-order valence-electron chi connectivity index (χ1n) is 6.45. The Balaban J connectivity index is 2.24. The SMILES string of the molecule is COc1cc(O)c(CC2CCNCC2)cc1C(=O)O. The number of ether oxygens (including phenoxy) is 1. The molecule has 0 bridgehead atoms. The molecule has 2 rings (SSSR count). The van der Waals surface area contributed by atoms with Crippen LogP contribution in [0.15, 0.2) is 12.1 Å². The minimum absolute atomic E-state index is 0.101. The molecule has 1 fully saturated rings. The zero-order valence-corrected chi connectivity index (χ0v) is 11.0. The van der Waals surface area contributed by atoms with Gasteiger partial charge in [0.2, 0.25) is 0 Å². The number of carboxylic acids is 1. The summed E-state index contributed by atoms with van der Waals surface area (Å²) >= 11 is 0. The van der Waals surface area contributed by atoms with Crippen molar-refractivity contribution in [3.63, 3.8) is 0 Å². The highest BCUT2D eigenvalue weighted by molar-refractivity contribution is 5.91. The van der Waals surface area contributed by atoms with E-state index in [2.05, 4.69) is 5.32 Å². The zero-order chi connectivity index (χ0) is 13.8. The highest BCUT2D eigenvalue weighted by Gasteiger charge is 2.19. The van der Waals surface area contributed by atoms with Crippen LogP contribution in [0.4, 0.5) is 0 Å². The van der Waals surface area contributed by atoms with Crippen LogP contribution in [-0.2, 0) is 6.42 Å². The number of benzene rings is 1. The number of hydrogen-bond acceptors (Lipinski definition) is 4. The summed E-state index contributed by atoms with van der Waals surface area (Å²) < 4.78 is 4.98. The Labute approximate surface area is 112 Å². The fraction of sp³-hybridized carbons (Fsp3) is 0.500. The molecule has 0 spiro atoms. The number of methoxy groups -OCH3 is 1. The first-order chi connectivity index (χ1) is 9.11. The monoisotopic (exact) mass is 265 g/mol. The molecule has 0 saturated carbocycles. The van der Waals surface area contributed by atoms with Crippen LogP contribution in [0.2, 0.25) is 0 Å². The van der Waals surface area contributed by atoms with Crippen LogP contribution in [-0.4, -0.2) is 36.4 Å². The maximum Gasteiger partial charge on any atom is 0.339 e. The van der Waals surface area contributed by atoms with E-state index in [9.17, 15) is 9.90 Å². The standard InChI is InChI=1S/C14H19NO4/c1-19-13-8-12(16)10(7-11(13)14(17)18)6-9-2-4-15-5-3-9/h7-9,15-16H,2-6H2,1H3,(H,17,18). The van der Waals surface area contributed by atoms with Gasteiger partial charge in [0.05, 0.1) is 7.11 Å². The Hall–Kier alpha value is -1.75. The van der Waals surface area contributed by atoms with E-state index in [1.807, 2.05) is 0 Å². The number of rotatable bonds is 4. The van der Waals surface area contributed by atoms with Crippen LogP contribution in [0.3, 0.4) is 0 Å². The molecule has 1 saturated heterocycles. The minimum Gasteiger partial charge on any atom is -0.508 e. The van der Waals surface area contributed by atoms with Gasteiger partial charge >= 0.3 is 5.97 Å². The molecule has 0 amide bonds. The van der Waals surface area contributed by atoms with Crippen LogP contribution in [0, 0.1) is 5.92 Å². The van der Waals surface area contributed by atoms with Crippen molar-refractivity contribution in [1.29, 1.82) is 0 Å². The molecule has 1 aliphatic rings. The minimum atomic E-state index is -1.04. The maximum absolute atomic E-state index is 11.2. The van der Waals surface area contributed by atoms with E-state index in [4.69, 9.17) is 9.84 Å². The van der Waals surface area contributed by atoms with Gasteiger partial charge in [-0.1, -0.05) is 0 Å². The molecule has 1 aromatic rings. The number of piperidine rings is 1. The van der Waals surface area contributed by atoms with Crippen molar-refractivity contribution in [3.8, 4) is 11.5 Å². The summed E-state index contributed by atoms with van der Waals surface area (Å²) in [5.41, 5.74) is 0.786. The lowest BCUT2D eigenvalue weighted by molar-refractivity contribution is 0.0693. The lowest BCUT2D eigenvalue weighted by atomic mass is 9.90. The molecule has 1 aromatic carbocycles. The largest absolute Gasteiger partial charge is 0.508 e. The molecule has 0 aliphatic carbocycles. The summed E-state index contributed by atoms with van der Waals surface area (Å²) in [6.07, 6.45) is 2.81. The molecule has 0 unspecified atom stereocenters. The molecular weight excluding hydrogens is 246 g/mol. The molecule has 0 aromatic heterocycles. The van der Waals surface area contributed by atoms with Crippen LogP contribution < -0.4 is 10.1 Å². The molecule has 19 heavy (non-hydrogen) atoms. The predicted octanol–water partition coefficient (Wildman–Crippen LogP) is 1.64. The van der Waals surface area contributed by atoms with Crippen LogP contribution in [0.5, 0.6) is 11.5 Å². The molecule has 3 N–H and O–H groups in total. The Morgan fingerprint density at radius 2 is 2.11 bits per heavy atom. The third-order valence-corrected chi connectivity index (χ3v) is 3.60. The number of nitrogens with one attached hydrogen (secondary N) is 1. The normalized spacial score (nSPS) is 16.3. The molecule has 0 radical (unpaired) electrons.